The fourth-order valence-corrected chi connectivity index (χ4v) is 3.47. The van der Waals surface area contributed by atoms with Gasteiger partial charge in [0.05, 0.1) is 0 Å². The van der Waals surface area contributed by atoms with Gasteiger partial charge in [-0.25, -0.2) is 9.97 Å². The van der Waals surface area contributed by atoms with E-state index in [-0.39, 0.29) is 0 Å². The van der Waals surface area contributed by atoms with Crippen molar-refractivity contribution in [1.82, 2.24) is 14.9 Å². The maximum Gasteiger partial charge on any atom is 0.134 e. The minimum atomic E-state index is 0.718. The number of anilines is 2. The number of nitrogens with zero attached hydrogens (tertiary/aromatic N) is 4. The molecule has 116 valence electrons. The molecule has 2 aliphatic heterocycles. The first-order chi connectivity index (χ1) is 10.3. The van der Waals surface area contributed by atoms with Gasteiger partial charge < -0.3 is 10.2 Å². The third-order valence-corrected chi connectivity index (χ3v) is 4.65. The molecule has 5 heteroatoms. The van der Waals surface area contributed by atoms with Gasteiger partial charge in [-0.2, -0.15) is 0 Å². The summed E-state index contributed by atoms with van der Waals surface area (Å²) in [5.74, 6) is 3.00. The molecule has 5 nitrogen and oxygen atoms in total. The number of piperazine rings is 1. The number of hydrogen-bond donors (Lipinski definition) is 1. The molecule has 3 rings (SSSR count). The van der Waals surface area contributed by atoms with E-state index >= 15 is 0 Å². The van der Waals surface area contributed by atoms with Crippen molar-refractivity contribution < 1.29 is 0 Å². The van der Waals surface area contributed by atoms with Crippen molar-refractivity contribution in [3.05, 3.63) is 11.9 Å². The Morgan fingerprint density at radius 3 is 2.95 bits per heavy atom. The van der Waals surface area contributed by atoms with Gasteiger partial charge in [0.25, 0.3) is 0 Å². The summed E-state index contributed by atoms with van der Waals surface area (Å²) in [6.07, 6.45) is 6.12. The van der Waals surface area contributed by atoms with Crippen molar-refractivity contribution in [2.24, 2.45) is 0 Å². The van der Waals surface area contributed by atoms with E-state index in [1.807, 2.05) is 7.05 Å². The van der Waals surface area contributed by atoms with E-state index < -0.39 is 0 Å². The lowest BCUT2D eigenvalue weighted by atomic mass is 9.99. The summed E-state index contributed by atoms with van der Waals surface area (Å²) in [6.45, 7) is 6.83. The van der Waals surface area contributed by atoms with Crippen LogP contribution in [0.15, 0.2) is 6.07 Å². The van der Waals surface area contributed by atoms with Crippen LogP contribution in [0.2, 0.25) is 0 Å². The SMILES string of the molecule is CCCc1nc(NC)cc(N2CCN3CCCCC3C2)n1. The third-order valence-electron chi connectivity index (χ3n) is 4.65. The molecule has 0 spiro atoms. The Bertz CT molecular complexity index is 476. The van der Waals surface area contributed by atoms with Crippen molar-refractivity contribution in [1.29, 1.82) is 0 Å². The molecular weight excluding hydrogens is 262 g/mol. The minimum Gasteiger partial charge on any atom is -0.373 e. The quantitative estimate of drug-likeness (QED) is 0.920. The molecule has 0 radical (unpaired) electrons. The van der Waals surface area contributed by atoms with Gasteiger partial charge in [0.1, 0.15) is 17.5 Å². The molecule has 3 heterocycles. The number of hydrogen-bond acceptors (Lipinski definition) is 5. The van der Waals surface area contributed by atoms with E-state index in [0.29, 0.717) is 0 Å². The van der Waals surface area contributed by atoms with Crippen molar-refractivity contribution in [3.8, 4) is 0 Å². The fourth-order valence-electron chi connectivity index (χ4n) is 3.47. The number of aromatic nitrogens is 2. The topological polar surface area (TPSA) is 44.3 Å². The number of nitrogens with one attached hydrogen (secondary N) is 1. The molecule has 0 aliphatic carbocycles. The molecule has 2 aliphatic rings. The third kappa shape index (κ3) is 3.28. The van der Waals surface area contributed by atoms with E-state index in [2.05, 4.69) is 33.1 Å². The van der Waals surface area contributed by atoms with Crippen molar-refractivity contribution >= 4 is 11.6 Å². The summed E-state index contributed by atoms with van der Waals surface area (Å²) >= 11 is 0. The summed E-state index contributed by atoms with van der Waals surface area (Å²) < 4.78 is 0. The molecule has 0 bridgehead atoms. The molecule has 1 unspecified atom stereocenters. The average Bonchev–Trinajstić information content (AvgIpc) is 2.54. The molecule has 1 N–H and O–H groups in total. The smallest absolute Gasteiger partial charge is 0.134 e. The molecule has 21 heavy (non-hydrogen) atoms. The lowest BCUT2D eigenvalue weighted by molar-refractivity contribution is 0.133. The van der Waals surface area contributed by atoms with Gasteiger partial charge in [0, 0.05) is 45.2 Å². The normalized spacial score (nSPS) is 23.0. The Kier molecular flexibility index (Phi) is 4.58. The van der Waals surface area contributed by atoms with Gasteiger partial charge in [-0.05, 0) is 25.8 Å². The molecule has 1 aromatic rings. The fraction of sp³-hybridized carbons (Fsp3) is 0.750. The van der Waals surface area contributed by atoms with Crippen LogP contribution in [0.1, 0.15) is 38.4 Å². The van der Waals surface area contributed by atoms with E-state index in [4.69, 9.17) is 4.98 Å². The van der Waals surface area contributed by atoms with Gasteiger partial charge in [0.15, 0.2) is 0 Å². The first-order valence-corrected chi connectivity index (χ1v) is 8.35. The highest BCUT2D eigenvalue weighted by Gasteiger charge is 2.29. The highest BCUT2D eigenvalue weighted by molar-refractivity contribution is 5.49. The van der Waals surface area contributed by atoms with Gasteiger partial charge in [-0.15, -0.1) is 0 Å². The van der Waals surface area contributed by atoms with Gasteiger partial charge in [-0.3, -0.25) is 4.90 Å². The van der Waals surface area contributed by atoms with Crippen LogP contribution in [0.25, 0.3) is 0 Å². The zero-order valence-corrected chi connectivity index (χ0v) is 13.3. The monoisotopic (exact) mass is 289 g/mol. The van der Waals surface area contributed by atoms with E-state index in [1.165, 1.54) is 32.4 Å². The lowest BCUT2D eigenvalue weighted by Crippen LogP contribution is -2.55. The van der Waals surface area contributed by atoms with Crippen LogP contribution in [0.3, 0.4) is 0 Å². The maximum absolute atomic E-state index is 4.79. The van der Waals surface area contributed by atoms with Crippen LogP contribution < -0.4 is 10.2 Å². The standard InChI is InChI=1S/C16H27N5/c1-3-6-14-18-15(17-2)11-16(19-14)21-10-9-20-8-5-4-7-13(20)12-21/h11,13H,3-10,12H2,1-2H3,(H,17,18,19). The molecule has 0 saturated carbocycles. The average molecular weight is 289 g/mol. The predicted molar refractivity (Wildman–Crippen MR) is 87.0 cm³/mol. The largest absolute Gasteiger partial charge is 0.373 e. The number of aryl methyl sites for hydroxylation is 1. The molecule has 0 amide bonds. The highest BCUT2D eigenvalue weighted by Crippen LogP contribution is 2.25. The van der Waals surface area contributed by atoms with Crippen molar-refractivity contribution in [2.45, 2.75) is 45.1 Å². The molecule has 1 atom stereocenters. The van der Waals surface area contributed by atoms with Crippen LogP contribution in [-0.2, 0) is 6.42 Å². The van der Waals surface area contributed by atoms with Gasteiger partial charge in [0.2, 0.25) is 0 Å². The maximum atomic E-state index is 4.79. The second kappa shape index (κ2) is 6.60. The Morgan fingerprint density at radius 1 is 1.24 bits per heavy atom. The summed E-state index contributed by atoms with van der Waals surface area (Å²) in [7, 11) is 1.93. The molecule has 2 saturated heterocycles. The number of rotatable bonds is 4. The predicted octanol–water partition coefficient (Wildman–Crippen LogP) is 2.15. The second-order valence-corrected chi connectivity index (χ2v) is 6.16. The van der Waals surface area contributed by atoms with E-state index in [0.717, 1.165) is 49.4 Å². The highest BCUT2D eigenvalue weighted by atomic mass is 15.3. The van der Waals surface area contributed by atoms with Gasteiger partial charge >= 0.3 is 0 Å². The van der Waals surface area contributed by atoms with Crippen LogP contribution in [0.4, 0.5) is 11.6 Å². The summed E-state index contributed by atoms with van der Waals surface area (Å²) in [5, 5.41) is 3.17. The Morgan fingerprint density at radius 2 is 2.14 bits per heavy atom. The van der Waals surface area contributed by atoms with Crippen molar-refractivity contribution in [2.75, 3.05) is 43.4 Å². The molecule has 2 fully saturated rings. The second-order valence-electron chi connectivity index (χ2n) is 6.16. The lowest BCUT2D eigenvalue weighted by Gasteiger charge is -2.44. The Labute approximate surface area is 127 Å². The van der Waals surface area contributed by atoms with Gasteiger partial charge in [-0.1, -0.05) is 13.3 Å². The summed E-state index contributed by atoms with van der Waals surface area (Å²) in [4.78, 5) is 14.5. The minimum absolute atomic E-state index is 0.718. The first-order valence-electron chi connectivity index (χ1n) is 8.35. The zero-order chi connectivity index (χ0) is 14.7. The molecular formula is C16H27N5. The van der Waals surface area contributed by atoms with Crippen LogP contribution >= 0.6 is 0 Å². The zero-order valence-electron chi connectivity index (χ0n) is 13.3. The van der Waals surface area contributed by atoms with Crippen LogP contribution in [0, 0.1) is 0 Å². The Balaban J connectivity index is 1.77. The van der Waals surface area contributed by atoms with E-state index in [1.54, 1.807) is 0 Å². The summed E-state index contributed by atoms with van der Waals surface area (Å²) in [6, 6.07) is 2.81. The number of fused-ring (bicyclic) bond motifs is 1. The van der Waals surface area contributed by atoms with Crippen molar-refractivity contribution in [3.63, 3.8) is 0 Å². The van der Waals surface area contributed by atoms with Crippen LogP contribution in [0.5, 0.6) is 0 Å². The van der Waals surface area contributed by atoms with E-state index in [9.17, 15) is 0 Å². The number of piperidine rings is 1. The Hall–Kier alpha value is -1.36. The molecule has 0 aromatic carbocycles. The molecule has 1 aromatic heterocycles. The summed E-state index contributed by atoms with van der Waals surface area (Å²) in [5.41, 5.74) is 0. The van der Waals surface area contributed by atoms with Crippen LogP contribution in [-0.4, -0.2) is 54.1 Å². The first kappa shape index (κ1) is 14.6.